The van der Waals surface area contributed by atoms with Crippen LogP contribution in [0.2, 0.25) is 0 Å². The van der Waals surface area contributed by atoms with E-state index in [1.807, 2.05) is 22.4 Å². The minimum absolute atomic E-state index is 0.0479. The van der Waals surface area contributed by atoms with Gasteiger partial charge in [-0.25, -0.2) is 4.98 Å². The second kappa shape index (κ2) is 9.40. The zero-order valence-corrected chi connectivity index (χ0v) is 18.6. The van der Waals surface area contributed by atoms with E-state index in [2.05, 4.69) is 9.88 Å². The number of methoxy groups -OCH3 is 3. The molecule has 0 bridgehead atoms. The van der Waals surface area contributed by atoms with Gasteiger partial charge in [-0.2, -0.15) is 0 Å². The molecule has 2 aromatic heterocycles. The van der Waals surface area contributed by atoms with Gasteiger partial charge in [0.2, 0.25) is 5.75 Å². The maximum atomic E-state index is 13.1. The molecule has 0 atom stereocenters. The number of amides is 1. The van der Waals surface area contributed by atoms with Crippen molar-refractivity contribution in [2.75, 3.05) is 47.5 Å². The summed E-state index contributed by atoms with van der Waals surface area (Å²) in [7, 11) is 4.63. The summed E-state index contributed by atoms with van der Waals surface area (Å²) in [6.45, 7) is 3.62. The summed E-state index contributed by atoms with van der Waals surface area (Å²) >= 11 is 1.62. The van der Waals surface area contributed by atoms with Crippen LogP contribution in [0.1, 0.15) is 15.4 Å². The standard InChI is InChI=1S/C22H25N3O5S/c1-27-18-11-15(12-19(28-2)21(18)29-3)22(26)25-8-6-24(7-9-25)13-20-23-16(14-31-20)17-5-4-10-30-17/h4-5,10-12,14H,6-9,13H2,1-3H3. The summed E-state index contributed by atoms with van der Waals surface area (Å²) in [6, 6.07) is 7.16. The Morgan fingerprint density at radius 3 is 2.39 bits per heavy atom. The number of piperazine rings is 1. The molecule has 0 N–H and O–H groups in total. The van der Waals surface area contributed by atoms with Crippen molar-refractivity contribution in [3.8, 4) is 28.7 Å². The SMILES string of the molecule is COc1cc(C(=O)N2CCN(Cc3nc(-c4ccco4)cs3)CC2)cc(OC)c1OC. The van der Waals surface area contributed by atoms with Gasteiger partial charge in [0, 0.05) is 37.1 Å². The van der Waals surface area contributed by atoms with Crippen molar-refractivity contribution >= 4 is 17.2 Å². The summed E-state index contributed by atoms with van der Waals surface area (Å²) in [6.07, 6.45) is 1.65. The predicted molar refractivity (Wildman–Crippen MR) is 117 cm³/mol. The summed E-state index contributed by atoms with van der Waals surface area (Å²) in [5.74, 6) is 2.15. The number of hydrogen-bond donors (Lipinski definition) is 0. The van der Waals surface area contributed by atoms with Gasteiger partial charge in [-0.3, -0.25) is 9.69 Å². The Hall–Kier alpha value is -3.04. The molecule has 1 aliphatic heterocycles. The predicted octanol–water partition coefficient (Wildman–Crippen LogP) is 3.39. The molecule has 1 saturated heterocycles. The minimum Gasteiger partial charge on any atom is -0.493 e. The van der Waals surface area contributed by atoms with E-state index in [0.29, 0.717) is 35.9 Å². The highest BCUT2D eigenvalue weighted by atomic mass is 32.1. The zero-order chi connectivity index (χ0) is 21.8. The minimum atomic E-state index is -0.0479. The Balaban J connectivity index is 1.38. The number of hydrogen-bond acceptors (Lipinski definition) is 8. The third-order valence-corrected chi connectivity index (χ3v) is 6.09. The number of furan rings is 1. The molecule has 3 aromatic rings. The van der Waals surface area contributed by atoms with Gasteiger partial charge in [-0.05, 0) is 24.3 Å². The highest BCUT2D eigenvalue weighted by molar-refractivity contribution is 7.09. The quantitative estimate of drug-likeness (QED) is 0.554. The molecule has 4 rings (SSSR count). The molecule has 1 aromatic carbocycles. The van der Waals surface area contributed by atoms with Gasteiger partial charge in [-0.1, -0.05) is 0 Å². The van der Waals surface area contributed by atoms with Crippen LogP contribution < -0.4 is 14.2 Å². The number of ether oxygens (including phenoxy) is 3. The fraction of sp³-hybridized carbons (Fsp3) is 0.364. The van der Waals surface area contributed by atoms with Crippen molar-refractivity contribution < 1.29 is 23.4 Å². The van der Waals surface area contributed by atoms with Crippen molar-refractivity contribution in [1.29, 1.82) is 0 Å². The van der Waals surface area contributed by atoms with Crippen LogP contribution in [-0.4, -0.2) is 68.2 Å². The van der Waals surface area contributed by atoms with Gasteiger partial charge in [-0.15, -0.1) is 11.3 Å². The summed E-state index contributed by atoms with van der Waals surface area (Å²) < 4.78 is 21.5. The van der Waals surface area contributed by atoms with Crippen LogP contribution >= 0.6 is 11.3 Å². The van der Waals surface area contributed by atoms with Crippen LogP contribution in [0, 0.1) is 0 Å². The summed E-state index contributed by atoms with van der Waals surface area (Å²) in [4.78, 5) is 21.9. The molecule has 0 spiro atoms. The highest BCUT2D eigenvalue weighted by Gasteiger charge is 2.25. The van der Waals surface area contributed by atoms with Gasteiger partial charge in [0.25, 0.3) is 5.91 Å². The molecule has 164 valence electrons. The first-order valence-electron chi connectivity index (χ1n) is 9.93. The Bertz CT molecular complexity index is 1000. The van der Waals surface area contributed by atoms with Crippen LogP contribution in [0.3, 0.4) is 0 Å². The van der Waals surface area contributed by atoms with E-state index >= 15 is 0 Å². The fourth-order valence-corrected chi connectivity index (χ4v) is 4.43. The Morgan fingerprint density at radius 2 is 1.81 bits per heavy atom. The van der Waals surface area contributed by atoms with E-state index in [1.165, 1.54) is 0 Å². The van der Waals surface area contributed by atoms with Crippen LogP contribution in [-0.2, 0) is 6.54 Å². The van der Waals surface area contributed by atoms with E-state index in [9.17, 15) is 4.79 Å². The molecule has 0 radical (unpaired) electrons. The maximum Gasteiger partial charge on any atom is 0.254 e. The molecule has 1 aliphatic rings. The molecule has 31 heavy (non-hydrogen) atoms. The lowest BCUT2D eigenvalue weighted by Crippen LogP contribution is -2.48. The average molecular weight is 444 g/mol. The van der Waals surface area contributed by atoms with E-state index < -0.39 is 0 Å². The Morgan fingerprint density at radius 1 is 1.10 bits per heavy atom. The second-order valence-corrected chi connectivity index (χ2v) is 8.03. The first-order chi connectivity index (χ1) is 15.1. The Labute approximate surface area is 185 Å². The zero-order valence-electron chi connectivity index (χ0n) is 17.8. The monoisotopic (exact) mass is 443 g/mol. The average Bonchev–Trinajstić information content (AvgIpc) is 3.50. The number of benzene rings is 1. The number of nitrogens with zero attached hydrogens (tertiary/aromatic N) is 3. The largest absolute Gasteiger partial charge is 0.493 e. The number of rotatable bonds is 7. The van der Waals surface area contributed by atoms with E-state index in [-0.39, 0.29) is 5.91 Å². The molecular weight excluding hydrogens is 418 g/mol. The lowest BCUT2D eigenvalue weighted by Gasteiger charge is -2.34. The van der Waals surface area contributed by atoms with E-state index in [4.69, 9.17) is 18.6 Å². The smallest absolute Gasteiger partial charge is 0.254 e. The first kappa shape index (κ1) is 21.2. The third-order valence-electron chi connectivity index (χ3n) is 5.26. The molecule has 8 nitrogen and oxygen atoms in total. The summed E-state index contributed by atoms with van der Waals surface area (Å²) in [5.41, 5.74) is 1.38. The van der Waals surface area contributed by atoms with Gasteiger partial charge in [0.1, 0.15) is 10.7 Å². The summed E-state index contributed by atoms with van der Waals surface area (Å²) in [5, 5.41) is 3.05. The molecule has 1 fully saturated rings. The molecule has 0 aliphatic carbocycles. The second-order valence-electron chi connectivity index (χ2n) is 7.09. The van der Waals surface area contributed by atoms with Gasteiger partial charge in [0.15, 0.2) is 17.3 Å². The van der Waals surface area contributed by atoms with Gasteiger partial charge >= 0.3 is 0 Å². The third kappa shape index (κ3) is 4.52. The van der Waals surface area contributed by atoms with Crippen LogP contribution in [0.5, 0.6) is 17.2 Å². The van der Waals surface area contributed by atoms with Crippen LogP contribution in [0.4, 0.5) is 0 Å². The van der Waals surface area contributed by atoms with Crippen LogP contribution in [0.25, 0.3) is 11.5 Å². The molecule has 0 saturated carbocycles. The number of carbonyl (C=O) groups excluding carboxylic acids is 1. The van der Waals surface area contributed by atoms with Crippen molar-refractivity contribution in [1.82, 2.24) is 14.8 Å². The molecule has 3 heterocycles. The molecule has 9 heteroatoms. The van der Waals surface area contributed by atoms with Crippen molar-refractivity contribution in [3.05, 3.63) is 46.5 Å². The van der Waals surface area contributed by atoms with Crippen molar-refractivity contribution in [2.24, 2.45) is 0 Å². The lowest BCUT2D eigenvalue weighted by molar-refractivity contribution is 0.0627. The fourth-order valence-electron chi connectivity index (χ4n) is 3.61. The Kier molecular flexibility index (Phi) is 6.43. The van der Waals surface area contributed by atoms with E-state index in [1.54, 1.807) is 51.1 Å². The van der Waals surface area contributed by atoms with Crippen molar-refractivity contribution in [2.45, 2.75) is 6.54 Å². The number of carbonyl (C=O) groups is 1. The molecule has 0 unspecified atom stereocenters. The maximum absolute atomic E-state index is 13.1. The lowest BCUT2D eigenvalue weighted by atomic mass is 10.1. The van der Waals surface area contributed by atoms with E-state index in [0.717, 1.165) is 36.1 Å². The van der Waals surface area contributed by atoms with Crippen LogP contribution in [0.15, 0.2) is 40.3 Å². The normalized spacial score (nSPS) is 14.5. The first-order valence-corrected chi connectivity index (χ1v) is 10.8. The van der Waals surface area contributed by atoms with Gasteiger partial charge < -0.3 is 23.5 Å². The molecular formula is C22H25N3O5S. The number of aromatic nitrogens is 1. The molecule has 1 amide bonds. The number of thiazole rings is 1. The topological polar surface area (TPSA) is 77.3 Å². The highest BCUT2D eigenvalue weighted by Crippen LogP contribution is 2.38. The van der Waals surface area contributed by atoms with Crippen molar-refractivity contribution in [3.63, 3.8) is 0 Å². The van der Waals surface area contributed by atoms with Gasteiger partial charge in [0.05, 0.1) is 34.1 Å².